The molecule has 1 rings (SSSR count). The van der Waals surface area contributed by atoms with Crippen molar-refractivity contribution >= 4 is 5.91 Å². The predicted octanol–water partition coefficient (Wildman–Crippen LogP) is -0.219. The molecule has 1 amide bonds. The van der Waals surface area contributed by atoms with Gasteiger partial charge in [0, 0.05) is 26.3 Å². The molecule has 1 unspecified atom stereocenters. The van der Waals surface area contributed by atoms with E-state index in [9.17, 15) is 14.7 Å². The number of unbranched alkanes of at least 4 members (excludes halogenated alkanes) is 1. The van der Waals surface area contributed by atoms with E-state index in [0.717, 1.165) is 12.8 Å². The van der Waals surface area contributed by atoms with E-state index in [1.807, 2.05) is 6.92 Å². The average Bonchev–Trinajstić information content (AvgIpc) is 2.44. The number of nitrogens with one attached hydrogen (secondary N) is 1. The minimum absolute atomic E-state index is 0.0719. The number of nitrogens with zero attached hydrogens (tertiary/aromatic N) is 2. The van der Waals surface area contributed by atoms with E-state index >= 15 is 0 Å². The van der Waals surface area contributed by atoms with Crippen molar-refractivity contribution in [2.45, 2.75) is 32.4 Å². The minimum Gasteiger partial charge on any atom is -0.389 e. The summed E-state index contributed by atoms with van der Waals surface area (Å²) >= 11 is 0. The molecule has 7 heteroatoms. The third-order valence-corrected chi connectivity index (χ3v) is 2.68. The van der Waals surface area contributed by atoms with Crippen LogP contribution in [0.25, 0.3) is 0 Å². The second-order valence-corrected chi connectivity index (χ2v) is 4.45. The van der Waals surface area contributed by atoms with Gasteiger partial charge < -0.3 is 15.2 Å². The van der Waals surface area contributed by atoms with Crippen molar-refractivity contribution < 1.29 is 14.6 Å². The number of ether oxygens (including phenoxy) is 1. The molecule has 7 nitrogen and oxygen atoms in total. The number of amides is 1. The second-order valence-electron chi connectivity index (χ2n) is 4.45. The van der Waals surface area contributed by atoms with Crippen LogP contribution in [-0.2, 0) is 11.3 Å². The molecule has 0 bridgehead atoms. The van der Waals surface area contributed by atoms with E-state index in [2.05, 4.69) is 10.4 Å². The van der Waals surface area contributed by atoms with Gasteiger partial charge >= 0.3 is 0 Å². The predicted molar refractivity (Wildman–Crippen MR) is 73.6 cm³/mol. The molecule has 0 saturated carbocycles. The Labute approximate surface area is 117 Å². The number of hydrogen-bond acceptors (Lipinski definition) is 5. The van der Waals surface area contributed by atoms with E-state index < -0.39 is 12.0 Å². The maximum atomic E-state index is 11.8. The first kappa shape index (κ1) is 16.3. The van der Waals surface area contributed by atoms with Gasteiger partial charge in [-0.2, -0.15) is 5.10 Å². The SMILES string of the molecule is CCCCn1nc(C(=O)NCC(O)COC)ccc1=O. The summed E-state index contributed by atoms with van der Waals surface area (Å²) < 4.78 is 6.04. The number of aryl methyl sites for hydroxylation is 1. The van der Waals surface area contributed by atoms with Gasteiger partial charge in [0.25, 0.3) is 11.5 Å². The first-order chi connectivity index (χ1) is 9.58. The number of aromatic nitrogens is 2. The van der Waals surface area contributed by atoms with Crippen LogP contribution < -0.4 is 10.9 Å². The molecule has 112 valence electrons. The average molecular weight is 283 g/mol. The first-order valence-electron chi connectivity index (χ1n) is 6.61. The fourth-order valence-corrected chi connectivity index (χ4v) is 1.59. The van der Waals surface area contributed by atoms with Gasteiger partial charge in [-0.15, -0.1) is 0 Å². The summed E-state index contributed by atoms with van der Waals surface area (Å²) in [5.41, 5.74) is -0.0697. The zero-order chi connectivity index (χ0) is 15.0. The molecule has 1 aromatic heterocycles. The molecule has 0 aliphatic carbocycles. The van der Waals surface area contributed by atoms with E-state index in [1.54, 1.807) is 0 Å². The van der Waals surface area contributed by atoms with Crippen LogP contribution in [0.4, 0.5) is 0 Å². The number of carbonyl (C=O) groups excluding carboxylic acids is 1. The van der Waals surface area contributed by atoms with Gasteiger partial charge in [0.05, 0.1) is 12.7 Å². The summed E-state index contributed by atoms with van der Waals surface area (Å²) in [5.74, 6) is -0.426. The quantitative estimate of drug-likeness (QED) is 0.688. The molecular weight excluding hydrogens is 262 g/mol. The molecule has 0 radical (unpaired) electrons. The highest BCUT2D eigenvalue weighted by Crippen LogP contribution is 1.94. The van der Waals surface area contributed by atoms with Crippen molar-refractivity contribution in [2.24, 2.45) is 0 Å². The van der Waals surface area contributed by atoms with Gasteiger partial charge in [-0.05, 0) is 12.5 Å². The van der Waals surface area contributed by atoms with Crippen LogP contribution in [0, 0.1) is 0 Å². The van der Waals surface area contributed by atoms with E-state index in [0.29, 0.717) is 6.54 Å². The van der Waals surface area contributed by atoms with Crippen molar-refractivity contribution in [3.8, 4) is 0 Å². The van der Waals surface area contributed by atoms with Crippen LogP contribution in [0.15, 0.2) is 16.9 Å². The van der Waals surface area contributed by atoms with Gasteiger partial charge in [-0.3, -0.25) is 9.59 Å². The monoisotopic (exact) mass is 283 g/mol. The summed E-state index contributed by atoms with van der Waals surface area (Å²) in [5, 5.41) is 16.0. The van der Waals surface area contributed by atoms with Crippen LogP contribution in [0.5, 0.6) is 0 Å². The number of aliphatic hydroxyl groups excluding tert-OH is 1. The second kappa shape index (κ2) is 8.44. The number of rotatable bonds is 8. The lowest BCUT2D eigenvalue weighted by Crippen LogP contribution is -2.36. The molecule has 20 heavy (non-hydrogen) atoms. The van der Waals surface area contributed by atoms with Crippen molar-refractivity contribution in [2.75, 3.05) is 20.3 Å². The molecule has 0 aromatic carbocycles. The van der Waals surface area contributed by atoms with Crippen LogP contribution in [0.1, 0.15) is 30.3 Å². The number of methoxy groups -OCH3 is 1. The summed E-state index contributed by atoms with van der Waals surface area (Å²) in [7, 11) is 1.47. The van der Waals surface area contributed by atoms with Gasteiger partial charge in [-0.1, -0.05) is 13.3 Å². The molecule has 0 fully saturated rings. The van der Waals surface area contributed by atoms with Crippen molar-refractivity contribution in [3.05, 3.63) is 28.2 Å². The van der Waals surface area contributed by atoms with Crippen molar-refractivity contribution in [1.82, 2.24) is 15.1 Å². The van der Waals surface area contributed by atoms with Crippen LogP contribution in [0.2, 0.25) is 0 Å². The van der Waals surface area contributed by atoms with Crippen molar-refractivity contribution in [3.63, 3.8) is 0 Å². The molecule has 0 spiro atoms. The fourth-order valence-electron chi connectivity index (χ4n) is 1.59. The molecule has 1 atom stereocenters. The van der Waals surface area contributed by atoms with Crippen LogP contribution >= 0.6 is 0 Å². The Morgan fingerprint density at radius 3 is 2.95 bits per heavy atom. The highest BCUT2D eigenvalue weighted by Gasteiger charge is 2.11. The Morgan fingerprint density at radius 1 is 1.55 bits per heavy atom. The van der Waals surface area contributed by atoms with E-state index in [-0.39, 0.29) is 24.4 Å². The van der Waals surface area contributed by atoms with E-state index in [4.69, 9.17) is 4.74 Å². The summed E-state index contributed by atoms with van der Waals surface area (Å²) in [4.78, 5) is 23.4. The standard InChI is InChI=1S/C13H21N3O4/c1-3-4-7-16-12(18)6-5-11(15-16)13(19)14-8-10(17)9-20-2/h5-6,10,17H,3-4,7-9H2,1-2H3,(H,14,19). The maximum Gasteiger partial charge on any atom is 0.271 e. The molecule has 2 N–H and O–H groups in total. The lowest BCUT2D eigenvalue weighted by molar-refractivity contribution is 0.0608. The summed E-state index contributed by atoms with van der Waals surface area (Å²) in [6.45, 7) is 2.72. The van der Waals surface area contributed by atoms with Crippen molar-refractivity contribution in [1.29, 1.82) is 0 Å². The molecule has 0 aliphatic rings. The van der Waals surface area contributed by atoms with Crippen LogP contribution in [0.3, 0.4) is 0 Å². The molecule has 1 heterocycles. The number of aliphatic hydroxyl groups is 1. The topological polar surface area (TPSA) is 93.5 Å². The molecule has 1 aromatic rings. The Balaban J connectivity index is 2.66. The van der Waals surface area contributed by atoms with Gasteiger partial charge in [0.2, 0.25) is 0 Å². The molecular formula is C13H21N3O4. The maximum absolute atomic E-state index is 11.8. The lowest BCUT2D eigenvalue weighted by Gasteiger charge is -2.11. The Kier molecular flexibility index (Phi) is 6.89. The minimum atomic E-state index is -0.769. The number of hydrogen-bond donors (Lipinski definition) is 2. The van der Waals surface area contributed by atoms with Crippen LogP contribution in [-0.4, -0.2) is 47.2 Å². The van der Waals surface area contributed by atoms with E-state index in [1.165, 1.54) is 23.9 Å². The van der Waals surface area contributed by atoms with Gasteiger partial charge in [-0.25, -0.2) is 4.68 Å². The number of carbonyl (C=O) groups is 1. The molecule has 0 aliphatic heterocycles. The zero-order valence-corrected chi connectivity index (χ0v) is 11.8. The molecule has 0 saturated heterocycles. The summed E-state index contributed by atoms with van der Waals surface area (Å²) in [6, 6.07) is 2.70. The lowest BCUT2D eigenvalue weighted by atomic mass is 10.3. The summed E-state index contributed by atoms with van der Waals surface area (Å²) in [6.07, 6.45) is 0.994. The Bertz CT molecular complexity index is 487. The largest absolute Gasteiger partial charge is 0.389 e. The third-order valence-electron chi connectivity index (χ3n) is 2.68. The smallest absolute Gasteiger partial charge is 0.271 e. The fraction of sp³-hybridized carbons (Fsp3) is 0.615. The highest BCUT2D eigenvalue weighted by molar-refractivity contribution is 5.91. The van der Waals surface area contributed by atoms with Gasteiger partial charge in [0.1, 0.15) is 5.69 Å². The zero-order valence-electron chi connectivity index (χ0n) is 11.8. The highest BCUT2D eigenvalue weighted by atomic mass is 16.5. The normalized spacial score (nSPS) is 12.2. The Morgan fingerprint density at radius 2 is 2.30 bits per heavy atom. The first-order valence-corrected chi connectivity index (χ1v) is 6.61. The third kappa shape index (κ3) is 5.10. The van der Waals surface area contributed by atoms with Gasteiger partial charge in [0.15, 0.2) is 0 Å². The Hall–Kier alpha value is -1.73.